The van der Waals surface area contributed by atoms with Gasteiger partial charge in [0.15, 0.2) is 0 Å². The van der Waals surface area contributed by atoms with Gasteiger partial charge in [0.05, 0.1) is 0 Å². The largest absolute Gasteiger partial charge is 0.453 e. The molecule has 0 aromatic carbocycles. The van der Waals surface area contributed by atoms with Crippen molar-refractivity contribution in [3.05, 3.63) is 0 Å². The molecule has 0 bridgehead atoms. The number of carbonyl (C=O) groups excluding carboxylic acids is 2. The number of ketones is 1. The van der Waals surface area contributed by atoms with Crippen LogP contribution < -0.4 is 0 Å². The first-order chi connectivity index (χ1) is 10.4. The first-order valence-electron chi connectivity index (χ1n) is 9.20. The smallest absolute Gasteiger partial charge is 0.375 e. The maximum atomic E-state index is 12.0. The molecule has 4 fully saturated rings. The molecule has 0 N–H and O–H groups in total. The summed E-state index contributed by atoms with van der Waals surface area (Å²) in [4.78, 5) is 23.7. The average Bonchev–Trinajstić information content (AvgIpc) is 2.48. The molecule has 1 aliphatic heterocycles. The van der Waals surface area contributed by atoms with E-state index in [1.165, 1.54) is 44.9 Å². The Hall–Kier alpha value is -0.860. The number of ether oxygens (including phenoxy) is 1. The molecule has 0 radical (unpaired) electrons. The van der Waals surface area contributed by atoms with Crippen LogP contribution in [0.4, 0.5) is 0 Å². The zero-order valence-electron chi connectivity index (χ0n) is 13.9. The van der Waals surface area contributed by atoms with Crippen LogP contribution in [0.25, 0.3) is 0 Å². The highest BCUT2D eigenvalue weighted by Gasteiger charge is 2.59. The minimum absolute atomic E-state index is 0.260. The molecule has 3 saturated carbocycles. The van der Waals surface area contributed by atoms with Crippen molar-refractivity contribution in [3.8, 4) is 0 Å². The molecule has 1 heterocycles. The second-order valence-electron chi connectivity index (χ2n) is 8.77. The summed E-state index contributed by atoms with van der Waals surface area (Å²) < 4.78 is 5.62. The van der Waals surface area contributed by atoms with Gasteiger partial charge in [-0.2, -0.15) is 0 Å². The highest BCUT2D eigenvalue weighted by Crippen LogP contribution is 2.62. The van der Waals surface area contributed by atoms with Crippen molar-refractivity contribution in [1.82, 2.24) is 0 Å². The van der Waals surface area contributed by atoms with Gasteiger partial charge >= 0.3 is 5.97 Å². The summed E-state index contributed by atoms with van der Waals surface area (Å²) in [7, 11) is 0. The van der Waals surface area contributed by atoms with Gasteiger partial charge in [0.2, 0.25) is 5.78 Å². The summed E-state index contributed by atoms with van der Waals surface area (Å²) in [6.45, 7) is 4.60. The summed E-state index contributed by atoms with van der Waals surface area (Å²) in [5, 5.41) is 0. The number of carbonyl (C=O) groups is 2. The van der Waals surface area contributed by atoms with Crippen molar-refractivity contribution < 1.29 is 14.3 Å². The maximum absolute atomic E-state index is 12.0. The molecule has 6 atom stereocenters. The van der Waals surface area contributed by atoms with Crippen LogP contribution in [0.1, 0.15) is 71.6 Å². The van der Waals surface area contributed by atoms with E-state index >= 15 is 0 Å². The van der Waals surface area contributed by atoms with Gasteiger partial charge in [0.1, 0.15) is 5.60 Å². The molecule has 3 nitrogen and oxygen atoms in total. The van der Waals surface area contributed by atoms with Gasteiger partial charge in [-0.05, 0) is 68.6 Å². The quantitative estimate of drug-likeness (QED) is 0.503. The van der Waals surface area contributed by atoms with Crippen molar-refractivity contribution in [2.24, 2.45) is 29.1 Å². The number of esters is 1. The third-order valence-corrected chi connectivity index (χ3v) is 7.87. The van der Waals surface area contributed by atoms with Crippen LogP contribution in [-0.4, -0.2) is 17.4 Å². The molecule has 0 aromatic rings. The maximum Gasteiger partial charge on any atom is 0.375 e. The monoisotopic (exact) mass is 304 g/mol. The van der Waals surface area contributed by atoms with E-state index < -0.39 is 5.97 Å². The fourth-order valence-electron chi connectivity index (χ4n) is 6.63. The number of hydrogen-bond acceptors (Lipinski definition) is 3. The van der Waals surface area contributed by atoms with Gasteiger partial charge in [-0.3, -0.25) is 4.79 Å². The second kappa shape index (κ2) is 4.82. The SMILES string of the molecule is C[C@]12CCCC[C@@H]1CC[C@@H]1[C@@H]2CC[C@]2(C)OC(=O)C(=O)C[C@@H]12. The topological polar surface area (TPSA) is 43.4 Å². The summed E-state index contributed by atoms with van der Waals surface area (Å²) in [6, 6.07) is 0. The van der Waals surface area contributed by atoms with Crippen LogP contribution in [-0.2, 0) is 14.3 Å². The minimum atomic E-state index is -0.588. The Kier molecular flexibility index (Phi) is 3.22. The Bertz CT molecular complexity index is 513. The first kappa shape index (κ1) is 14.7. The Labute approximate surface area is 133 Å². The minimum Gasteiger partial charge on any atom is -0.453 e. The lowest BCUT2D eigenvalue weighted by atomic mass is 9.46. The van der Waals surface area contributed by atoms with Crippen LogP contribution in [0.5, 0.6) is 0 Å². The zero-order valence-corrected chi connectivity index (χ0v) is 13.9. The van der Waals surface area contributed by atoms with Gasteiger partial charge in [-0.25, -0.2) is 4.79 Å². The number of Topliss-reactive ketones (excluding diaryl/α,β-unsaturated/α-hetero) is 1. The van der Waals surface area contributed by atoms with E-state index in [9.17, 15) is 9.59 Å². The standard InChI is InChI=1S/C19H28O3/c1-18-9-4-3-5-12(18)6-7-13-14(18)8-10-19(2)15(13)11-16(20)17(21)22-19/h12-15H,3-11H2,1-2H3/t12-,13-,14+,15+,18+,19+/m1/s1. The number of fused-ring (bicyclic) bond motifs is 5. The number of hydrogen-bond donors (Lipinski definition) is 0. The first-order valence-corrected chi connectivity index (χ1v) is 9.20. The van der Waals surface area contributed by atoms with E-state index in [-0.39, 0.29) is 17.3 Å². The molecule has 0 unspecified atom stereocenters. The predicted molar refractivity (Wildman–Crippen MR) is 83.1 cm³/mol. The molecule has 0 aromatic heterocycles. The Morgan fingerprint density at radius 2 is 1.77 bits per heavy atom. The molecule has 0 spiro atoms. The third-order valence-electron chi connectivity index (χ3n) is 7.87. The van der Waals surface area contributed by atoms with Crippen LogP contribution in [0.2, 0.25) is 0 Å². The number of rotatable bonds is 0. The van der Waals surface area contributed by atoms with Crippen LogP contribution >= 0.6 is 0 Å². The van der Waals surface area contributed by atoms with E-state index in [4.69, 9.17) is 4.74 Å². The summed E-state index contributed by atoms with van der Waals surface area (Å²) in [5.74, 6) is 1.57. The van der Waals surface area contributed by atoms with E-state index in [0.29, 0.717) is 17.8 Å². The predicted octanol–water partition coefficient (Wildman–Crippen LogP) is 3.89. The van der Waals surface area contributed by atoms with Crippen molar-refractivity contribution in [3.63, 3.8) is 0 Å². The Balaban J connectivity index is 1.65. The molecule has 22 heavy (non-hydrogen) atoms. The highest BCUT2D eigenvalue weighted by molar-refractivity contribution is 6.34. The van der Waals surface area contributed by atoms with E-state index in [0.717, 1.165) is 18.3 Å². The molecule has 0 amide bonds. The van der Waals surface area contributed by atoms with Crippen molar-refractivity contribution >= 4 is 11.8 Å². The van der Waals surface area contributed by atoms with Gasteiger partial charge in [0.25, 0.3) is 0 Å². The fraction of sp³-hybridized carbons (Fsp3) is 0.895. The van der Waals surface area contributed by atoms with E-state index in [1.807, 2.05) is 0 Å². The lowest BCUT2D eigenvalue weighted by molar-refractivity contribution is -0.202. The Morgan fingerprint density at radius 3 is 2.59 bits per heavy atom. The lowest BCUT2D eigenvalue weighted by Gasteiger charge is -2.61. The fourth-order valence-corrected chi connectivity index (χ4v) is 6.63. The van der Waals surface area contributed by atoms with Crippen LogP contribution in [0, 0.1) is 29.1 Å². The molecule has 1 saturated heterocycles. The lowest BCUT2D eigenvalue weighted by Crippen LogP contribution is -2.59. The van der Waals surface area contributed by atoms with E-state index in [1.54, 1.807) is 0 Å². The summed E-state index contributed by atoms with van der Waals surface area (Å²) in [5.41, 5.74) is 0.0804. The normalized spacial score (nSPS) is 51.4. The Morgan fingerprint density at radius 1 is 0.955 bits per heavy atom. The van der Waals surface area contributed by atoms with Gasteiger partial charge in [0, 0.05) is 12.3 Å². The van der Waals surface area contributed by atoms with Gasteiger partial charge in [-0.1, -0.05) is 19.8 Å². The summed E-state index contributed by atoms with van der Waals surface area (Å²) in [6.07, 6.45) is 10.6. The molecule has 3 aliphatic carbocycles. The molecule has 122 valence electrons. The average molecular weight is 304 g/mol. The second-order valence-corrected chi connectivity index (χ2v) is 8.77. The highest BCUT2D eigenvalue weighted by atomic mass is 16.6. The molecular weight excluding hydrogens is 276 g/mol. The molecule has 3 heteroatoms. The van der Waals surface area contributed by atoms with Crippen LogP contribution in [0.3, 0.4) is 0 Å². The van der Waals surface area contributed by atoms with Gasteiger partial charge < -0.3 is 4.74 Å². The molecule has 4 rings (SSSR count). The van der Waals surface area contributed by atoms with Crippen molar-refractivity contribution in [2.45, 2.75) is 77.2 Å². The van der Waals surface area contributed by atoms with E-state index in [2.05, 4.69) is 13.8 Å². The van der Waals surface area contributed by atoms with Gasteiger partial charge in [-0.15, -0.1) is 0 Å². The zero-order chi connectivity index (χ0) is 15.5. The van der Waals surface area contributed by atoms with Crippen molar-refractivity contribution in [1.29, 1.82) is 0 Å². The van der Waals surface area contributed by atoms with Crippen molar-refractivity contribution in [2.75, 3.05) is 0 Å². The van der Waals surface area contributed by atoms with Crippen LogP contribution in [0.15, 0.2) is 0 Å². The molecular formula is C19H28O3. The third kappa shape index (κ3) is 1.93. The summed E-state index contributed by atoms with van der Waals surface area (Å²) >= 11 is 0. The molecule has 4 aliphatic rings.